The van der Waals surface area contributed by atoms with Crippen LogP contribution in [0.5, 0.6) is 0 Å². The molecular formula is C14H27N3O. The summed E-state index contributed by atoms with van der Waals surface area (Å²) in [4.78, 5) is 14.5. The van der Waals surface area contributed by atoms with Crippen molar-refractivity contribution in [2.75, 3.05) is 26.2 Å². The van der Waals surface area contributed by atoms with E-state index in [9.17, 15) is 4.79 Å². The standard InChI is InChI=1S/C14H27N3O/c1-11-5-6-13(10-15-11)14(18)16-9-12(2)17-7-3-4-8-17/h11-13,15H,3-10H2,1-2H3,(H,16,18). The van der Waals surface area contributed by atoms with Crippen molar-refractivity contribution in [3.8, 4) is 0 Å². The van der Waals surface area contributed by atoms with Crippen LogP contribution in [0.1, 0.15) is 39.5 Å². The minimum atomic E-state index is 0.173. The zero-order valence-electron chi connectivity index (χ0n) is 11.7. The molecule has 0 saturated carbocycles. The van der Waals surface area contributed by atoms with E-state index >= 15 is 0 Å². The molecule has 4 heteroatoms. The van der Waals surface area contributed by atoms with Gasteiger partial charge in [0.15, 0.2) is 0 Å². The smallest absolute Gasteiger partial charge is 0.224 e. The highest BCUT2D eigenvalue weighted by molar-refractivity contribution is 5.79. The van der Waals surface area contributed by atoms with Gasteiger partial charge >= 0.3 is 0 Å². The molecule has 2 heterocycles. The van der Waals surface area contributed by atoms with Gasteiger partial charge in [0, 0.05) is 25.2 Å². The minimum Gasteiger partial charge on any atom is -0.354 e. The molecule has 2 saturated heterocycles. The van der Waals surface area contributed by atoms with Crippen molar-refractivity contribution in [3.05, 3.63) is 0 Å². The molecule has 0 aromatic carbocycles. The lowest BCUT2D eigenvalue weighted by molar-refractivity contribution is -0.125. The van der Waals surface area contributed by atoms with Crippen molar-refractivity contribution in [1.29, 1.82) is 0 Å². The first-order valence-corrected chi connectivity index (χ1v) is 7.42. The first kappa shape index (κ1) is 13.8. The van der Waals surface area contributed by atoms with Crippen LogP contribution in [-0.4, -0.2) is 49.1 Å². The van der Waals surface area contributed by atoms with Crippen molar-refractivity contribution < 1.29 is 4.79 Å². The lowest BCUT2D eigenvalue weighted by Crippen LogP contribution is -2.47. The fourth-order valence-corrected chi connectivity index (χ4v) is 2.93. The first-order chi connectivity index (χ1) is 8.66. The Bertz CT molecular complexity index is 268. The highest BCUT2D eigenvalue weighted by atomic mass is 16.1. The molecule has 0 spiro atoms. The maximum Gasteiger partial charge on any atom is 0.224 e. The maximum absolute atomic E-state index is 12.1. The van der Waals surface area contributed by atoms with Gasteiger partial charge in [0.1, 0.15) is 0 Å². The fourth-order valence-electron chi connectivity index (χ4n) is 2.93. The second kappa shape index (κ2) is 6.53. The second-order valence-electron chi connectivity index (χ2n) is 5.92. The Morgan fingerprint density at radius 2 is 2.11 bits per heavy atom. The molecule has 4 nitrogen and oxygen atoms in total. The molecule has 2 rings (SSSR count). The quantitative estimate of drug-likeness (QED) is 0.785. The summed E-state index contributed by atoms with van der Waals surface area (Å²) in [6.45, 7) is 8.42. The summed E-state index contributed by atoms with van der Waals surface area (Å²) in [7, 11) is 0. The molecule has 0 aliphatic carbocycles. The summed E-state index contributed by atoms with van der Waals surface area (Å²) < 4.78 is 0. The SMILES string of the molecule is CC1CCC(C(=O)NCC(C)N2CCCC2)CN1. The molecular weight excluding hydrogens is 226 g/mol. The van der Waals surface area contributed by atoms with Crippen LogP contribution in [0.25, 0.3) is 0 Å². The average molecular weight is 253 g/mol. The molecule has 3 unspecified atom stereocenters. The monoisotopic (exact) mass is 253 g/mol. The summed E-state index contributed by atoms with van der Waals surface area (Å²) in [5, 5.41) is 6.51. The van der Waals surface area contributed by atoms with Gasteiger partial charge in [0.05, 0.1) is 5.92 Å². The van der Waals surface area contributed by atoms with Gasteiger partial charge in [0.2, 0.25) is 5.91 Å². The van der Waals surface area contributed by atoms with E-state index in [1.807, 2.05) is 0 Å². The van der Waals surface area contributed by atoms with Crippen LogP contribution < -0.4 is 10.6 Å². The van der Waals surface area contributed by atoms with E-state index in [2.05, 4.69) is 29.4 Å². The van der Waals surface area contributed by atoms with E-state index in [1.165, 1.54) is 25.9 Å². The van der Waals surface area contributed by atoms with Gasteiger partial charge in [-0.25, -0.2) is 0 Å². The lowest BCUT2D eigenvalue weighted by atomic mass is 9.95. The van der Waals surface area contributed by atoms with Crippen molar-refractivity contribution in [2.24, 2.45) is 5.92 Å². The number of amides is 1. The highest BCUT2D eigenvalue weighted by Crippen LogP contribution is 2.14. The lowest BCUT2D eigenvalue weighted by Gasteiger charge is -2.28. The van der Waals surface area contributed by atoms with Crippen molar-refractivity contribution in [3.63, 3.8) is 0 Å². The Hall–Kier alpha value is -0.610. The van der Waals surface area contributed by atoms with Gasteiger partial charge in [-0.05, 0) is 52.6 Å². The van der Waals surface area contributed by atoms with Crippen LogP contribution >= 0.6 is 0 Å². The Morgan fingerprint density at radius 3 is 2.72 bits per heavy atom. The van der Waals surface area contributed by atoms with Crippen LogP contribution in [-0.2, 0) is 4.79 Å². The molecule has 2 fully saturated rings. The normalized spacial score (nSPS) is 31.2. The number of piperidine rings is 1. The first-order valence-electron chi connectivity index (χ1n) is 7.42. The van der Waals surface area contributed by atoms with E-state index in [-0.39, 0.29) is 11.8 Å². The topological polar surface area (TPSA) is 44.4 Å². The number of nitrogens with zero attached hydrogens (tertiary/aromatic N) is 1. The molecule has 2 N–H and O–H groups in total. The van der Waals surface area contributed by atoms with Crippen LogP contribution in [0, 0.1) is 5.92 Å². The van der Waals surface area contributed by atoms with E-state index in [4.69, 9.17) is 0 Å². The van der Waals surface area contributed by atoms with E-state index in [0.29, 0.717) is 12.1 Å². The summed E-state index contributed by atoms with van der Waals surface area (Å²) >= 11 is 0. The number of carbonyl (C=O) groups excluding carboxylic acids is 1. The number of likely N-dealkylation sites (tertiary alicyclic amines) is 1. The summed E-state index contributed by atoms with van der Waals surface area (Å²) in [6.07, 6.45) is 4.75. The fraction of sp³-hybridized carbons (Fsp3) is 0.929. The van der Waals surface area contributed by atoms with E-state index in [0.717, 1.165) is 25.9 Å². The van der Waals surface area contributed by atoms with Crippen molar-refractivity contribution in [2.45, 2.75) is 51.6 Å². The van der Waals surface area contributed by atoms with E-state index in [1.54, 1.807) is 0 Å². The Kier molecular flexibility index (Phi) is 5.01. The van der Waals surface area contributed by atoms with Gasteiger partial charge in [-0.2, -0.15) is 0 Å². The third kappa shape index (κ3) is 3.69. The molecule has 2 aliphatic heterocycles. The van der Waals surface area contributed by atoms with Crippen molar-refractivity contribution >= 4 is 5.91 Å². The van der Waals surface area contributed by atoms with Gasteiger partial charge in [0.25, 0.3) is 0 Å². The van der Waals surface area contributed by atoms with Crippen LogP contribution in [0.2, 0.25) is 0 Å². The molecule has 3 atom stereocenters. The minimum absolute atomic E-state index is 0.173. The van der Waals surface area contributed by atoms with Gasteiger partial charge in [-0.15, -0.1) is 0 Å². The molecule has 0 aromatic rings. The Labute approximate surface area is 110 Å². The molecule has 2 aliphatic rings. The predicted octanol–water partition coefficient (Wildman–Crippen LogP) is 0.975. The summed E-state index contributed by atoms with van der Waals surface area (Å²) in [5.41, 5.74) is 0. The van der Waals surface area contributed by atoms with Crippen LogP contribution in [0.4, 0.5) is 0 Å². The average Bonchev–Trinajstić information content (AvgIpc) is 2.90. The zero-order chi connectivity index (χ0) is 13.0. The Morgan fingerprint density at radius 1 is 1.39 bits per heavy atom. The van der Waals surface area contributed by atoms with Crippen molar-refractivity contribution in [1.82, 2.24) is 15.5 Å². The predicted molar refractivity (Wildman–Crippen MR) is 73.5 cm³/mol. The van der Waals surface area contributed by atoms with Crippen LogP contribution in [0.15, 0.2) is 0 Å². The molecule has 104 valence electrons. The maximum atomic E-state index is 12.1. The summed E-state index contributed by atoms with van der Waals surface area (Å²) in [5.74, 6) is 0.410. The number of hydrogen-bond donors (Lipinski definition) is 2. The number of nitrogens with one attached hydrogen (secondary N) is 2. The zero-order valence-corrected chi connectivity index (χ0v) is 11.7. The largest absolute Gasteiger partial charge is 0.354 e. The third-order valence-electron chi connectivity index (χ3n) is 4.37. The third-order valence-corrected chi connectivity index (χ3v) is 4.37. The second-order valence-corrected chi connectivity index (χ2v) is 5.92. The Balaban J connectivity index is 1.67. The highest BCUT2D eigenvalue weighted by Gasteiger charge is 2.25. The van der Waals surface area contributed by atoms with Gasteiger partial charge in [-0.3, -0.25) is 9.69 Å². The molecule has 0 aromatic heterocycles. The van der Waals surface area contributed by atoms with E-state index < -0.39 is 0 Å². The molecule has 0 radical (unpaired) electrons. The molecule has 18 heavy (non-hydrogen) atoms. The molecule has 1 amide bonds. The summed E-state index contributed by atoms with van der Waals surface area (Å²) in [6, 6.07) is 1.05. The van der Waals surface area contributed by atoms with Gasteiger partial charge in [-0.1, -0.05) is 0 Å². The number of hydrogen-bond acceptors (Lipinski definition) is 3. The van der Waals surface area contributed by atoms with Crippen LogP contribution in [0.3, 0.4) is 0 Å². The number of rotatable bonds is 4. The molecule has 0 bridgehead atoms. The van der Waals surface area contributed by atoms with Gasteiger partial charge < -0.3 is 10.6 Å². The number of carbonyl (C=O) groups is 1.